The highest BCUT2D eigenvalue weighted by Gasteiger charge is 2.37. The molecule has 0 saturated carbocycles. The first kappa shape index (κ1) is 17.7. The molecule has 0 spiro atoms. The van der Waals surface area contributed by atoms with Gasteiger partial charge in [-0.15, -0.1) is 0 Å². The van der Waals surface area contributed by atoms with Crippen LogP contribution in [0.3, 0.4) is 0 Å². The van der Waals surface area contributed by atoms with Crippen LogP contribution in [-0.2, 0) is 4.74 Å². The van der Waals surface area contributed by atoms with Crippen LogP contribution in [0.25, 0.3) is 0 Å². The van der Waals surface area contributed by atoms with Gasteiger partial charge in [0.05, 0.1) is 12.1 Å². The number of aromatic nitrogens is 2. The summed E-state index contributed by atoms with van der Waals surface area (Å²) in [5.41, 5.74) is 1.11. The fourth-order valence-electron chi connectivity index (χ4n) is 2.80. The van der Waals surface area contributed by atoms with E-state index >= 15 is 0 Å². The number of carbonyl (C=O) groups excluding carboxylic acids is 1. The molecule has 0 radical (unpaired) electrons. The number of carbonyl (C=O) groups is 1. The molecule has 1 fully saturated rings. The first-order chi connectivity index (χ1) is 12.0. The van der Waals surface area contributed by atoms with Crippen molar-refractivity contribution >= 4 is 33.8 Å². The number of nitrogens with zero attached hydrogens (tertiary/aromatic N) is 3. The van der Waals surface area contributed by atoms with Crippen LogP contribution in [0.1, 0.15) is 32.4 Å². The zero-order valence-corrected chi connectivity index (χ0v) is 16.0. The summed E-state index contributed by atoms with van der Waals surface area (Å²) in [7, 11) is 0. The van der Waals surface area contributed by atoms with E-state index in [0.717, 1.165) is 10.0 Å². The molecular weight excluding hydrogens is 384 g/mol. The van der Waals surface area contributed by atoms with Crippen molar-refractivity contribution in [1.29, 1.82) is 0 Å². The van der Waals surface area contributed by atoms with Crippen molar-refractivity contribution in [2.75, 3.05) is 16.8 Å². The number of hydrogen-bond acceptors (Lipinski definition) is 5. The molecule has 0 aliphatic carbocycles. The second-order valence-electron chi connectivity index (χ2n) is 6.42. The van der Waals surface area contributed by atoms with E-state index in [1.165, 1.54) is 0 Å². The molecule has 2 aromatic rings. The Morgan fingerprint density at radius 3 is 2.84 bits per heavy atom. The molecule has 1 aliphatic rings. The zero-order valence-electron chi connectivity index (χ0n) is 14.4. The maximum absolute atomic E-state index is 12.1. The van der Waals surface area contributed by atoms with E-state index in [4.69, 9.17) is 4.74 Å². The molecule has 1 saturated heterocycles. The van der Waals surface area contributed by atoms with Gasteiger partial charge in [-0.1, -0.05) is 41.9 Å². The summed E-state index contributed by atoms with van der Waals surface area (Å²) in [5.74, 6) is 1.31. The smallest absolute Gasteiger partial charge is 0.415 e. The van der Waals surface area contributed by atoms with Crippen LogP contribution < -0.4 is 10.2 Å². The summed E-state index contributed by atoms with van der Waals surface area (Å²) in [4.78, 5) is 22.5. The second-order valence-corrected chi connectivity index (χ2v) is 7.33. The fourth-order valence-corrected chi connectivity index (χ4v) is 3.21. The van der Waals surface area contributed by atoms with Gasteiger partial charge in [0.2, 0.25) is 5.95 Å². The van der Waals surface area contributed by atoms with E-state index < -0.39 is 0 Å². The summed E-state index contributed by atoms with van der Waals surface area (Å²) < 4.78 is 6.22. The second kappa shape index (κ2) is 7.39. The van der Waals surface area contributed by atoms with Gasteiger partial charge in [0, 0.05) is 10.7 Å². The van der Waals surface area contributed by atoms with Crippen molar-refractivity contribution in [1.82, 2.24) is 9.97 Å². The fraction of sp³-hybridized carbons (Fsp3) is 0.389. The predicted octanol–water partition coefficient (Wildman–Crippen LogP) is 4.39. The van der Waals surface area contributed by atoms with Crippen LogP contribution in [0, 0.1) is 5.92 Å². The maximum Gasteiger partial charge on any atom is 0.415 e. The number of amides is 1. The van der Waals surface area contributed by atoms with Crippen LogP contribution >= 0.6 is 15.9 Å². The quantitative estimate of drug-likeness (QED) is 0.799. The minimum absolute atomic E-state index is 0.0160. The molecule has 1 unspecified atom stereocenters. The average Bonchev–Trinajstić information content (AvgIpc) is 2.97. The third kappa shape index (κ3) is 3.92. The van der Waals surface area contributed by atoms with Crippen LogP contribution in [-0.4, -0.2) is 28.7 Å². The molecule has 7 heteroatoms. The lowest BCUT2D eigenvalue weighted by atomic mass is 10.0. The van der Waals surface area contributed by atoms with Gasteiger partial charge in [0.15, 0.2) is 0 Å². The minimum atomic E-state index is -0.358. The number of halogens is 1. The van der Waals surface area contributed by atoms with Crippen molar-refractivity contribution < 1.29 is 9.53 Å². The number of cyclic esters (lactones) is 1. The van der Waals surface area contributed by atoms with Crippen molar-refractivity contribution in [2.24, 2.45) is 5.92 Å². The molecule has 1 amide bonds. The zero-order chi connectivity index (χ0) is 18.0. The van der Waals surface area contributed by atoms with Gasteiger partial charge in [-0.3, -0.25) is 4.90 Å². The molecule has 6 nitrogen and oxygen atoms in total. The number of hydrogen-bond donors (Lipinski definition) is 1. The lowest BCUT2D eigenvalue weighted by Crippen LogP contribution is -2.37. The van der Waals surface area contributed by atoms with E-state index in [1.807, 2.05) is 31.2 Å². The Hall–Kier alpha value is -2.15. The average molecular weight is 405 g/mol. The highest BCUT2D eigenvalue weighted by Crippen LogP contribution is 2.27. The summed E-state index contributed by atoms with van der Waals surface area (Å²) in [5, 5.41) is 3.29. The Morgan fingerprint density at radius 2 is 2.12 bits per heavy atom. The molecule has 1 aromatic heterocycles. The lowest BCUT2D eigenvalue weighted by Gasteiger charge is -2.23. The minimum Gasteiger partial charge on any atom is -0.447 e. The number of rotatable bonds is 5. The monoisotopic (exact) mass is 404 g/mol. The van der Waals surface area contributed by atoms with E-state index in [2.05, 4.69) is 45.1 Å². The van der Waals surface area contributed by atoms with Gasteiger partial charge in [-0.25, -0.2) is 9.78 Å². The molecule has 132 valence electrons. The van der Waals surface area contributed by atoms with Gasteiger partial charge >= 0.3 is 6.09 Å². The lowest BCUT2D eigenvalue weighted by molar-refractivity contribution is 0.177. The first-order valence-corrected chi connectivity index (χ1v) is 9.06. The van der Waals surface area contributed by atoms with Gasteiger partial charge in [-0.2, -0.15) is 4.98 Å². The molecule has 2 heterocycles. The molecule has 0 bridgehead atoms. The van der Waals surface area contributed by atoms with Crippen molar-refractivity contribution in [3.8, 4) is 0 Å². The normalized spacial score (nSPS) is 18.4. The van der Waals surface area contributed by atoms with Gasteiger partial charge < -0.3 is 10.1 Å². The van der Waals surface area contributed by atoms with Crippen LogP contribution in [0.4, 0.5) is 16.6 Å². The third-order valence-corrected chi connectivity index (χ3v) is 4.75. The Morgan fingerprint density at radius 1 is 1.32 bits per heavy atom. The van der Waals surface area contributed by atoms with Crippen molar-refractivity contribution in [3.63, 3.8) is 0 Å². The largest absolute Gasteiger partial charge is 0.447 e. The van der Waals surface area contributed by atoms with Gasteiger partial charge in [-0.05, 0) is 36.6 Å². The molecule has 1 N–H and O–H groups in total. The molecule has 2 atom stereocenters. The summed E-state index contributed by atoms with van der Waals surface area (Å²) in [6.45, 7) is 6.56. The van der Waals surface area contributed by atoms with E-state index in [0.29, 0.717) is 18.4 Å². The SMILES string of the molecule is CC(C)C1COC(=O)N1c1ccnc(N[C@@H](C)c2cccc(Br)c2)n1. The molecule has 3 rings (SSSR count). The van der Waals surface area contributed by atoms with E-state index in [-0.39, 0.29) is 24.1 Å². The van der Waals surface area contributed by atoms with E-state index in [1.54, 1.807) is 17.2 Å². The van der Waals surface area contributed by atoms with E-state index in [9.17, 15) is 4.79 Å². The standard InChI is InChI=1S/C18H21BrN4O2/c1-11(2)15-10-25-18(24)23(15)16-7-8-20-17(22-16)21-12(3)13-5-4-6-14(19)9-13/h4-9,11-12,15H,10H2,1-3H3,(H,20,21,22)/t12-,15?/m0/s1. The number of benzene rings is 1. The number of nitrogens with one attached hydrogen (secondary N) is 1. The summed E-state index contributed by atoms with van der Waals surface area (Å²) >= 11 is 3.48. The van der Waals surface area contributed by atoms with Crippen molar-refractivity contribution in [3.05, 3.63) is 46.6 Å². The van der Waals surface area contributed by atoms with Crippen LogP contribution in [0.15, 0.2) is 41.0 Å². The molecule has 1 aliphatic heterocycles. The van der Waals surface area contributed by atoms with Crippen molar-refractivity contribution in [2.45, 2.75) is 32.9 Å². The number of ether oxygens (including phenoxy) is 1. The molecular formula is C18H21BrN4O2. The van der Waals surface area contributed by atoms with Gasteiger partial charge in [0.1, 0.15) is 12.4 Å². The summed E-state index contributed by atoms with van der Waals surface area (Å²) in [6, 6.07) is 9.81. The van der Waals surface area contributed by atoms with Crippen LogP contribution in [0.5, 0.6) is 0 Å². The topological polar surface area (TPSA) is 67.3 Å². The van der Waals surface area contributed by atoms with Gasteiger partial charge in [0.25, 0.3) is 0 Å². The third-order valence-electron chi connectivity index (χ3n) is 4.26. The predicted molar refractivity (Wildman–Crippen MR) is 101 cm³/mol. The summed E-state index contributed by atoms with van der Waals surface area (Å²) in [6.07, 6.45) is 1.30. The maximum atomic E-state index is 12.1. The Bertz CT molecular complexity index is 768. The number of anilines is 2. The molecule has 1 aromatic carbocycles. The molecule has 25 heavy (non-hydrogen) atoms. The highest BCUT2D eigenvalue weighted by molar-refractivity contribution is 9.10. The van der Waals surface area contributed by atoms with Crippen LogP contribution in [0.2, 0.25) is 0 Å². The Labute approximate surface area is 155 Å². The first-order valence-electron chi connectivity index (χ1n) is 8.26. The highest BCUT2D eigenvalue weighted by atomic mass is 79.9. The Kier molecular flexibility index (Phi) is 5.22. The Balaban J connectivity index is 1.81.